The van der Waals surface area contributed by atoms with Crippen LogP contribution < -0.4 is 4.90 Å². The topological polar surface area (TPSA) is 78.7 Å². The zero-order chi connectivity index (χ0) is 25.8. The second-order valence-electron chi connectivity index (χ2n) is 9.37. The molecular weight excluding hydrogens is 464 g/mol. The average Bonchev–Trinajstić information content (AvgIpc) is 3.30. The van der Waals surface area contributed by atoms with Crippen molar-refractivity contribution >= 4 is 17.7 Å². The van der Waals surface area contributed by atoms with Gasteiger partial charge in [-0.1, -0.05) is 91.0 Å². The van der Waals surface area contributed by atoms with Gasteiger partial charge in [0.15, 0.2) is 0 Å². The fourth-order valence-electron chi connectivity index (χ4n) is 5.06. The quantitative estimate of drug-likeness (QED) is 0.417. The van der Waals surface area contributed by atoms with Crippen molar-refractivity contribution in [1.82, 2.24) is 14.7 Å². The van der Waals surface area contributed by atoms with Gasteiger partial charge in [-0.15, -0.1) is 0 Å². The molecule has 1 atom stereocenters. The van der Waals surface area contributed by atoms with Crippen LogP contribution in [0, 0.1) is 6.92 Å². The zero-order valence-corrected chi connectivity index (χ0v) is 20.8. The number of aryl methyl sites for hydroxylation is 1. The second-order valence-corrected chi connectivity index (χ2v) is 9.37. The molecule has 3 aromatic carbocycles. The van der Waals surface area contributed by atoms with Crippen molar-refractivity contribution in [3.05, 3.63) is 119 Å². The predicted octanol–water partition coefficient (Wildman–Crippen LogP) is 4.17. The van der Waals surface area contributed by atoms with Crippen LogP contribution in [-0.4, -0.2) is 57.3 Å². The Morgan fingerprint density at radius 2 is 1.46 bits per heavy atom. The first-order valence-corrected chi connectivity index (χ1v) is 12.5. The summed E-state index contributed by atoms with van der Waals surface area (Å²) >= 11 is 0. The van der Waals surface area contributed by atoms with Gasteiger partial charge in [0.2, 0.25) is 5.91 Å². The van der Waals surface area contributed by atoms with Gasteiger partial charge in [-0.25, -0.2) is 9.48 Å². The number of carboxylic acid groups (broad SMARTS) is 1. The predicted molar refractivity (Wildman–Crippen MR) is 143 cm³/mol. The molecule has 0 spiro atoms. The maximum atomic E-state index is 14.0. The summed E-state index contributed by atoms with van der Waals surface area (Å²) in [7, 11) is 0. The average molecular weight is 495 g/mol. The molecule has 0 bridgehead atoms. The van der Waals surface area contributed by atoms with Crippen molar-refractivity contribution in [3.8, 4) is 0 Å². The SMILES string of the molecule is Cc1cc(N2CCN(C(=O)C(c3ccccc3)c3ccccc3)C(C(=O)O)C2)n(Cc2ccccc2)n1. The van der Waals surface area contributed by atoms with E-state index in [0.29, 0.717) is 19.6 Å². The molecule has 1 aliphatic heterocycles. The van der Waals surface area contributed by atoms with Crippen molar-refractivity contribution in [2.24, 2.45) is 0 Å². The number of anilines is 1. The summed E-state index contributed by atoms with van der Waals surface area (Å²) in [6, 6.07) is 30.2. The third kappa shape index (κ3) is 5.26. The van der Waals surface area contributed by atoms with Gasteiger partial charge in [0.1, 0.15) is 11.9 Å². The van der Waals surface area contributed by atoms with Crippen molar-refractivity contribution < 1.29 is 14.7 Å². The minimum absolute atomic E-state index is 0.192. The van der Waals surface area contributed by atoms with Crippen LogP contribution in [0.4, 0.5) is 5.82 Å². The molecule has 0 radical (unpaired) electrons. The van der Waals surface area contributed by atoms with Gasteiger partial charge in [0.05, 0.1) is 24.7 Å². The number of nitrogens with zero attached hydrogens (tertiary/aromatic N) is 4. The zero-order valence-electron chi connectivity index (χ0n) is 20.8. The first-order chi connectivity index (χ1) is 18.0. The van der Waals surface area contributed by atoms with Crippen LogP contribution >= 0.6 is 0 Å². The number of carbonyl (C=O) groups excluding carboxylic acids is 1. The molecule has 1 fully saturated rings. The Labute approximate surface area is 216 Å². The molecule has 1 aliphatic rings. The van der Waals surface area contributed by atoms with Gasteiger partial charge in [0, 0.05) is 19.2 Å². The summed E-state index contributed by atoms with van der Waals surface area (Å²) < 4.78 is 1.91. The molecule has 1 aromatic heterocycles. The molecule has 37 heavy (non-hydrogen) atoms. The van der Waals surface area contributed by atoms with Gasteiger partial charge >= 0.3 is 5.97 Å². The van der Waals surface area contributed by atoms with E-state index in [9.17, 15) is 14.7 Å². The summed E-state index contributed by atoms with van der Waals surface area (Å²) in [5, 5.41) is 14.9. The number of aromatic nitrogens is 2. The van der Waals surface area contributed by atoms with E-state index in [1.54, 1.807) is 0 Å². The summed E-state index contributed by atoms with van der Waals surface area (Å²) in [4.78, 5) is 30.0. The molecule has 4 aromatic rings. The fraction of sp³-hybridized carbons (Fsp3) is 0.233. The van der Waals surface area contributed by atoms with Gasteiger partial charge in [-0.05, 0) is 23.6 Å². The molecule has 188 valence electrons. The minimum Gasteiger partial charge on any atom is -0.480 e. The van der Waals surface area contributed by atoms with Crippen LogP contribution in [-0.2, 0) is 16.1 Å². The number of piperazine rings is 1. The van der Waals surface area contributed by atoms with E-state index in [1.807, 2.05) is 114 Å². The summed E-state index contributed by atoms with van der Waals surface area (Å²) in [6.07, 6.45) is 0. The maximum absolute atomic E-state index is 14.0. The number of aliphatic carboxylic acids is 1. The standard InChI is InChI=1S/C30H30N4O3/c1-22-19-27(34(31-22)20-23-11-5-2-6-12-23)32-17-18-33(26(21-32)30(36)37)29(35)28(24-13-7-3-8-14-24)25-15-9-4-10-16-25/h2-16,19,26,28H,17-18,20-21H2,1H3,(H,36,37). The number of rotatable bonds is 7. The first-order valence-electron chi connectivity index (χ1n) is 12.5. The van der Waals surface area contributed by atoms with Crippen LogP contribution in [0.25, 0.3) is 0 Å². The summed E-state index contributed by atoms with van der Waals surface area (Å²) in [5.41, 5.74) is 3.68. The highest BCUT2D eigenvalue weighted by Gasteiger charge is 2.39. The molecule has 0 saturated carbocycles. The van der Waals surface area contributed by atoms with E-state index in [0.717, 1.165) is 28.2 Å². The number of hydrogen-bond acceptors (Lipinski definition) is 4. The number of carboxylic acids is 1. The number of amides is 1. The lowest BCUT2D eigenvalue weighted by molar-refractivity contribution is -0.151. The number of benzene rings is 3. The highest BCUT2D eigenvalue weighted by atomic mass is 16.4. The Balaban J connectivity index is 1.42. The number of hydrogen-bond donors (Lipinski definition) is 1. The van der Waals surface area contributed by atoms with E-state index < -0.39 is 17.9 Å². The summed E-state index contributed by atoms with van der Waals surface area (Å²) in [5.74, 6) is -0.911. The van der Waals surface area contributed by atoms with Gasteiger partial charge < -0.3 is 14.9 Å². The molecule has 1 N–H and O–H groups in total. The van der Waals surface area contributed by atoms with Crippen molar-refractivity contribution in [3.63, 3.8) is 0 Å². The molecule has 5 rings (SSSR count). The van der Waals surface area contributed by atoms with Gasteiger partial charge in [0.25, 0.3) is 0 Å². The van der Waals surface area contributed by atoms with Crippen LogP contribution in [0.1, 0.15) is 28.3 Å². The fourth-order valence-corrected chi connectivity index (χ4v) is 5.06. The molecular formula is C30H30N4O3. The van der Waals surface area contributed by atoms with Crippen LogP contribution in [0.15, 0.2) is 97.1 Å². The van der Waals surface area contributed by atoms with Gasteiger partial charge in [-0.2, -0.15) is 5.10 Å². The maximum Gasteiger partial charge on any atom is 0.328 e. The highest BCUT2D eigenvalue weighted by molar-refractivity contribution is 5.91. The van der Waals surface area contributed by atoms with E-state index in [4.69, 9.17) is 0 Å². The minimum atomic E-state index is -1.01. The Hall–Kier alpha value is -4.39. The molecule has 1 saturated heterocycles. The van der Waals surface area contributed by atoms with Crippen LogP contribution in [0.3, 0.4) is 0 Å². The van der Waals surface area contributed by atoms with Gasteiger partial charge in [-0.3, -0.25) is 4.79 Å². The third-order valence-corrected chi connectivity index (χ3v) is 6.84. The Morgan fingerprint density at radius 1 is 0.892 bits per heavy atom. The molecule has 1 amide bonds. The lowest BCUT2D eigenvalue weighted by Crippen LogP contribution is -2.59. The highest BCUT2D eigenvalue weighted by Crippen LogP contribution is 2.30. The van der Waals surface area contributed by atoms with Crippen LogP contribution in [0.5, 0.6) is 0 Å². The normalized spacial score (nSPS) is 15.7. The Kier molecular flexibility index (Phi) is 7.03. The Bertz CT molecular complexity index is 1320. The lowest BCUT2D eigenvalue weighted by Gasteiger charge is -2.41. The first kappa shape index (κ1) is 24.3. The van der Waals surface area contributed by atoms with E-state index in [1.165, 1.54) is 4.90 Å². The second kappa shape index (κ2) is 10.7. The van der Waals surface area contributed by atoms with Crippen LogP contribution in [0.2, 0.25) is 0 Å². The molecule has 7 nitrogen and oxygen atoms in total. The third-order valence-electron chi connectivity index (χ3n) is 6.84. The Morgan fingerprint density at radius 3 is 2.03 bits per heavy atom. The van der Waals surface area contributed by atoms with Crippen molar-refractivity contribution in [2.45, 2.75) is 25.4 Å². The smallest absolute Gasteiger partial charge is 0.328 e. The molecule has 2 heterocycles. The largest absolute Gasteiger partial charge is 0.480 e. The van der Waals surface area contributed by atoms with Crippen molar-refractivity contribution in [2.75, 3.05) is 24.5 Å². The summed E-state index contributed by atoms with van der Waals surface area (Å²) in [6.45, 7) is 3.54. The van der Waals surface area contributed by atoms with Crippen molar-refractivity contribution in [1.29, 1.82) is 0 Å². The van der Waals surface area contributed by atoms with E-state index >= 15 is 0 Å². The monoisotopic (exact) mass is 494 g/mol. The lowest BCUT2D eigenvalue weighted by atomic mass is 9.89. The molecule has 7 heteroatoms. The molecule has 0 aliphatic carbocycles. The molecule has 1 unspecified atom stereocenters. The van der Waals surface area contributed by atoms with E-state index in [-0.39, 0.29) is 12.5 Å². The number of carbonyl (C=O) groups is 2. The van der Waals surface area contributed by atoms with E-state index in [2.05, 4.69) is 5.10 Å².